The highest BCUT2D eigenvalue weighted by Gasteiger charge is 2.51. The smallest absolute Gasteiger partial charge is 0.338 e. The van der Waals surface area contributed by atoms with E-state index in [4.69, 9.17) is 14.2 Å². The van der Waals surface area contributed by atoms with Crippen molar-refractivity contribution in [3.8, 4) is 0 Å². The fraction of sp³-hybridized carbons (Fsp3) is 0.846. The van der Waals surface area contributed by atoms with Gasteiger partial charge in [0.15, 0.2) is 12.2 Å². The van der Waals surface area contributed by atoms with Crippen LogP contribution in [0.1, 0.15) is 40.0 Å². The second-order valence-electron chi connectivity index (χ2n) is 4.09. The Kier molecular flexibility index (Phi) is 6.72. The number of hydrogen-bond donors (Lipinski definition) is 0. The number of esters is 1. The van der Waals surface area contributed by atoms with Gasteiger partial charge in [0.1, 0.15) is 0 Å². The number of ether oxygens (including phenoxy) is 3. The van der Waals surface area contributed by atoms with Gasteiger partial charge in [-0.1, -0.05) is 19.8 Å². The average Bonchev–Trinajstić information content (AvgIpc) is 3.13. The summed E-state index contributed by atoms with van der Waals surface area (Å²) in [6.07, 6.45) is 2.47. The van der Waals surface area contributed by atoms with Gasteiger partial charge in [0.2, 0.25) is 5.90 Å². The number of nitrogens with zero attached hydrogens (tertiary/aromatic N) is 1. The third-order valence-corrected chi connectivity index (χ3v) is 2.58. The van der Waals surface area contributed by atoms with Crippen LogP contribution in [0, 0.1) is 0 Å². The summed E-state index contributed by atoms with van der Waals surface area (Å²) in [5.74, 6) is 0.204. The normalized spacial score (nSPS) is 22.7. The molecule has 0 aromatic rings. The van der Waals surface area contributed by atoms with Gasteiger partial charge in [-0.05, 0) is 20.3 Å². The van der Waals surface area contributed by atoms with Crippen molar-refractivity contribution in [3.63, 3.8) is 0 Å². The molecule has 0 radical (unpaired) electrons. The van der Waals surface area contributed by atoms with Crippen LogP contribution in [0.2, 0.25) is 0 Å². The lowest BCUT2D eigenvalue weighted by molar-refractivity contribution is -0.144. The highest BCUT2D eigenvalue weighted by atomic mass is 16.7. The van der Waals surface area contributed by atoms with E-state index >= 15 is 0 Å². The van der Waals surface area contributed by atoms with Gasteiger partial charge in [-0.3, -0.25) is 4.99 Å². The second kappa shape index (κ2) is 8.08. The SMILES string of the molecule is CCCCCN=C(OCC)C1OC1C(=O)OCC. The molecule has 2 atom stereocenters. The van der Waals surface area contributed by atoms with Gasteiger partial charge < -0.3 is 14.2 Å². The minimum Gasteiger partial charge on any atom is -0.479 e. The molecule has 1 aliphatic rings. The van der Waals surface area contributed by atoms with Gasteiger partial charge in [-0.25, -0.2) is 4.79 Å². The van der Waals surface area contributed by atoms with E-state index in [1.54, 1.807) is 6.92 Å². The topological polar surface area (TPSA) is 60.4 Å². The van der Waals surface area contributed by atoms with Crippen LogP contribution in [-0.4, -0.2) is 43.8 Å². The quantitative estimate of drug-likeness (QED) is 0.219. The Bertz CT molecular complexity index is 291. The van der Waals surface area contributed by atoms with E-state index in [0.29, 0.717) is 19.1 Å². The monoisotopic (exact) mass is 257 g/mol. The molecule has 0 amide bonds. The van der Waals surface area contributed by atoms with Crippen LogP contribution in [0.15, 0.2) is 4.99 Å². The third kappa shape index (κ3) is 4.64. The highest BCUT2D eigenvalue weighted by molar-refractivity contribution is 5.92. The molecule has 0 bridgehead atoms. The molecule has 0 aliphatic carbocycles. The van der Waals surface area contributed by atoms with Crippen molar-refractivity contribution >= 4 is 11.9 Å². The first-order valence-corrected chi connectivity index (χ1v) is 6.73. The molecule has 5 nitrogen and oxygen atoms in total. The molecule has 1 rings (SSSR count). The lowest BCUT2D eigenvalue weighted by Crippen LogP contribution is -2.21. The molecule has 1 heterocycles. The molecular formula is C13H23NO4. The number of carbonyl (C=O) groups excluding carboxylic acids is 1. The second-order valence-corrected chi connectivity index (χ2v) is 4.09. The summed E-state index contributed by atoms with van der Waals surface area (Å²) in [5.41, 5.74) is 0. The minimum atomic E-state index is -0.526. The first-order chi connectivity index (χ1) is 8.74. The van der Waals surface area contributed by atoms with Crippen molar-refractivity contribution in [2.45, 2.75) is 52.2 Å². The number of rotatable bonds is 8. The molecule has 18 heavy (non-hydrogen) atoms. The van der Waals surface area contributed by atoms with Gasteiger partial charge in [-0.2, -0.15) is 0 Å². The Balaban J connectivity index is 2.41. The summed E-state index contributed by atoms with van der Waals surface area (Å²) in [5, 5.41) is 0. The van der Waals surface area contributed by atoms with Gasteiger partial charge in [0.05, 0.1) is 13.2 Å². The summed E-state index contributed by atoms with van der Waals surface area (Å²) in [4.78, 5) is 15.8. The predicted octanol–water partition coefficient (Wildman–Crippen LogP) is 1.94. The number of aliphatic imine (C=N–C) groups is 1. The zero-order chi connectivity index (χ0) is 13.4. The van der Waals surface area contributed by atoms with Crippen LogP contribution in [0.4, 0.5) is 0 Å². The van der Waals surface area contributed by atoms with Crippen molar-refractivity contribution in [1.29, 1.82) is 0 Å². The van der Waals surface area contributed by atoms with Crippen LogP contribution in [0.25, 0.3) is 0 Å². The summed E-state index contributed by atoms with van der Waals surface area (Å²) >= 11 is 0. The van der Waals surface area contributed by atoms with E-state index < -0.39 is 6.10 Å². The first kappa shape index (κ1) is 15.0. The Labute approximate surface area is 109 Å². The Hall–Kier alpha value is -1.10. The van der Waals surface area contributed by atoms with E-state index in [2.05, 4.69) is 11.9 Å². The van der Waals surface area contributed by atoms with E-state index in [1.165, 1.54) is 0 Å². The zero-order valence-electron chi connectivity index (χ0n) is 11.5. The van der Waals surface area contributed by atoms with Crippen molar-refractivity contribution in [2.24, 2.45) is 4.99 Å². The summed E-state index contributed by atoms with van der Waals surface area (Å²) in [6, 6.07) is 0. The van der Waals surface area contributed by atoms with Gasteiger partial charge in [-0.15, -0.1) is 0 Å². The molecule has 104 valence electrons. The fourth-order valence-corrected chi connectivity index (χ4v) is 1.62. The zero-order valence-corrected chi connectivity index (χ0v) is 11.5. The number of unbranched alkanes of at least 4 members (excludes halogenated alkanes) is 2. The molecule has 1 saturated heterocycles. The van der Waals surface area contributed by atoms with Gasteiger partial charge in [0.25, 0.3) is 0 Å². The minimum absolute atomic E-state index is 0.330. The molecule has 0 aromatic heterocycles. The molecule has 2 unspecified atom stereocenters. The molecule has 1 fully saturated rings. The van der Waals surface area contributed by atoms with Crippen LogP contribution < -0.4 is 0 Å². The number of carbonyl (C=O) groups is 1. The lowest BCUT2D eigenvalue weighted by Gasteiger charge is -2.04. The Morgan fingerprint density at radius 3 is 2.44 bits per heavy atom. The van der Waals surface area contributed by atoms with E-state index in [9.17, 15) is 4.79 Å². The Morgan fingerprint density at radius 2 is 1.83 bits per heavy atom. The largest absolute Gasteiger partial charge is 0.479 e. The van der Waals surface area contributed by atoms with Gasteiger partial charge in [0, 0.05) is 6.54 Å². The summed E-state index contributed by atoms with van der Waals surface area (Å²) in [6.45, 7) is 7.43. The lowest BCUT2D eigenvalue weighted by atomic mass is 10.2. The molecule has 0 saturated carbocycles. The third-order valence-electron chi connectivity index (χ3n) is 2.58. The van der Waals surface area contributed by atoms with Crippen molar-refractivity contribution in [1.82, 2.24) is 0 Å². The molecular weight excluding hydrogens is 234 g/mol. The molecule has 0 aromatic carbocycles. The van der Waals surface area contributed by atoms with Crippen molar-refractivity contribution in [2.75, 3.05) is 19.8 Å². The average molecular weight is 257 g/mol. The maximum atomic E-state index is 11.4. The van der Waals surface area contributed by atoms with E-state index in [-0.39, 0.29) is 12.1 Å². The number of epoxide rings is 1. The van der Waals surface area contributed by atoms with Crippen LogP contribution in [0.3, 0.4) is 0 Å². The van der Waals surface area contributed by atoms with Crippen molar-refractivity contribution < 1.29 is 19.0 Å². The standard InChI is InChI=1S/C13H23NO4/c1-4-7-8-9-14-12(16-5-2)10-11(18-10)13(15)17-6-3/h10-11H,4-9H2,1-3H3. The first-order valence-electron chi connectivity index (χ1n) is 6.73. The maximum Gasteiger partial charge on any atom is 0.338 e. The molecule has 1 aliphatic heterocycles. The molecule has 0 N–H and O–H groups in total. The van der Waals surface area contributed by atoms with Crippen LogP contribution in [0.5, 0.6) is 0 Å². The van der Waals surface area contributed by atoms with Crippen LogP contribution in [-0.2, 0) is 19.0 Å². The fourth-order valence-electron chi connectivity index (χ4n) is 1.62. The van der Waals surface area contributed by atoms with Gasteiger partial charge >= 0.3 is 5.97 Å². The maximum absolute atomic E-state index is 11.4. The number of hydrogen-bond acceptors (Lipinski definition) is 5. The summed E-state index contributed by atoms with van der Waals surface area (Å²) < 4.78 is 15.6. The Morgan fingerprint density at radius 1 is 1.11 bits per heavy atom. The summed E-state index contributed by atoms with van der Waals surface area (Å²) in [7, 11) is 0. The van der Waals surface area contributed by atoms with Crippen molar-refractivity contribution in [3.05, 3.63) is 0 Å². The molecule has 0 spiro atoms. The highest BCUT2D eigenvalue weighted by Crippen LogP contribution is 2.25. The molecule has 5 heteroatoms. The predicted molar refractivity (Wildman–Crippen MR) is 68.7 cm³/mol. The van der Waals surface area contributed by atoms with E-state index in [1.807, 2.05) is 6.92 Å². The van der Waals surface area contributed by atoms with E-state index in [0.717, 1.165) is 25.8 Å². The van der Waals surface area contributed by atoms with Crippen LogP contribution >= 0.6 is 0 Å².